The second-order valence-electron chi connectivity index (χ2n) is 5.31. The Bertz CT molecular complexity index is 524. The number of hydrogen-bond acceptors (Lipinski definition) is 2. The average molecular weight is 269 g/mol. The number of aryl methyl sites for hydroxylation is 1. The third-order valence-corrected chi connectivity index (χ3v) is 3.69. The van der Waals surface area contributed by atoms with Crippen LogP contribution < -0.4 is 5.32 Å². The highest BCUT2D eigenvalue weighted by Gasteiger charge is 2.14. The molecule has 0 aliphatic rings. The molecule has 0 aromatic heterocycles. The van der Waals surface area contributed by atoms with E-state index in [-0.39, 0.29) is 18.7 Å². The Morgan fingerprint density at radius 1 is 1.00 bits per heavy atom. The van der Waals surface area contributed by atoms with Gasteiger partial charge in [-0.15, -0.1) is 0 Å². The van der Waals surface area contributed by atoms with Crippen LogP contribution in [0.15, 0.2) is 54.6 Å². The van der Waals surface area contributed by atoms with Gasteiger partial charge >= 0.3 is 0 Å². The van der Waals surface area contributed by atoms with Crippen molar-refractivity contribution >= 4 is 0 Å². The fraction of sp³-hybridized carbons (Fsp3) is 0.333. The van der Waals surface area contributed by atoms with Crippen LogP contribution in [-0.4, -0.2) is 17.8 Å². The summed E-state index contributed by atoms with van der Waals surface area (Å²) >= 11 is 0. The second kappa shape index (κ2) is 7.22. The SMILES string of the molecule is Cc1ccccc1C(C)NC(CO)Cc1ccccc1. The van der Waals surface area contributed by atoms with Gasteiger partial charge in [-0.25, -0.2) is 0 Å². The minimum absolute atomic E-state index is 0.0759. The zero-order valence-corrected chi connectivity index (χ0v) is 12.2. The third kappa shape index (κ3) is 3.92. The highest BCUT2D eigenvalue weighted by Crippen LogP contribution is 2.18. The molecule has 2 heteroatoms. The van der Waals surface area contributed by atoms with Crippen LogP contribution in [0.1, 0.15) is 29.7 Å². The Labute approximate surface area is 121 Å². The average Bonchev–Trinajstić information content (AvgIpc) is 2.48. The summed E-state index contributed by atoms with van der Waals surface area (Å²) in [6, 6.07) is 19.0. The molecule has 0 radical (unpaired) electrons. The number of hydrogen-bond donors (Lipinski definition) is 2. The number of rotatable bonds is 6. The molecule has 0 spiro atoms. The zero-order valence-electron chi connectivity index (χ0n) is 12.2. The molecule has 0 fully saturated rings. The summed E-state index contributed by atoms with van der Waals surface area (Å²) in [6.45, 7) is 4.42. The van der Waals surface area contributed by atoms with E-state index in [1.54, 1.807) is 0 Å². The maximum atomic E-state index is 9.59. The third-order valence-electron chi connectivity index (χ3n) is 3.69. The van der Waals surface area contributed by atoms with Gasteiger partial charge in [-0.2, -0.15) is 0 Å². The minimum Gasteiger partial charge on any atom is -0.395 e. The van der Waals surface area contributed by atoms with Crippen molar-refractivity contribution < 1.29 is 5.11 Å². The number of aliphatic hydroxyl groups excluding tert-OH is 1. The fourth-order valence-corrected chi connectivity index (χ4v) is 2.59. The van der Waals surface area contributed by atoms with Crippen LogP contribution in [0.5, 0.6) is 0 Å². The lowest BCUT2D eigenvalue weighted by Gasteiger charge is -2.23. The van der Waals surface area contributed by atoms with Crippen molar-refractivity contribution in [3.8, 4) is 0 Å². The molecule has 0 aliphatic carbocycles. The van der Waals surface area contributed by atoms with E-state index in [2.05, 4.69) is 55.6 Å². The predicted molar refractivity (Wildman–Crippen MR) is 83.7 cm³/mol. The monoisotopic (exact) mass is 269 g/mol. The van der Waals surface area contributed by atoms with Crippen LogP contribution in [0.4, 0.5) is 0 Å². The van der Waals surface area contributed by atoms with Crippen LogP contribution in [-0.2, 0) is 6.42 Å². The van der Waals surface area contributed by atoms with Crippen LogP contribution >= 0.6 is 0 Å². The van der Waals surface area contributed by atoms with E-state index >= 15 is 0 Å². The van der Waals surface area contributed by atoms with Gasteiger partial charge in [-0.1, -0.05) is 54.6 Å². The molecule has 2 aromatic carbocycles. The minimum atomic E-state index is 0.0759. The summed E-state index contributed by atoms with van der Waals surface area (Å²) in [4.78, 5) is 0. The van der Waals surface area contributed by atoms with Crippen molar-refractivity contribution in [3.05, 3.63) is 71.3 Å². The van der Waals surface area contributed by atoms with E-state index < -0.39 is 0 Å². The number of benzene rings is 2. The Morgan fingerprint density at radius 3 is 2.30 bits per heavy atom. The standard InChI is InChI=1S/C18H23NO/c1-14-8-6-7-11-18(14)15(2)19-17(13-20)12-16-9-4-3-5-10-16/h3-11,15,17,19-20H,12-13H2,1-2H3. The summed E-state index contributed by atoms with van der Waals surface area (Å²) in [5.41, 5.74) is 3.82. The van der Waals surface area contributed by atoms with Crippen LogP contribution in [0.25, 0.3) is 0 Å². The lowest BCUT2D eigenvalue weighted by Crippen LogP contribution is -2.36. The Balaban J connectivity index is 2.01. The first kappa shape index (κ1) is 14.8. The summed E-state index contributed by atoms with van der Waals surface area (Å²) in [5.74, 6) is 0. The number of nitrogens with one attached hydrogen (secondary N) is 1. The first-order chi connectivity index (χ1) is 9.70. The van der Waals surface area contributed by atoms with E-state index in [9.17, 15) is 5.11 Å². The molecule has 2 unspecified atom stereocenters. The second-order valence-corrected chi connectivity index (χ2v) is 5.31. The zero-order chi connectivity index (χ0) is 14.4. The van der Waals surface area contributed by atoms with Crippen molar-refractivity contribution in [1.29, 1.82) is 0 Å². The van der Waals surface area contributed by atoms with E-state index in [1.165, 1.54) is 16.7 Å². The van der Waals surface area contributed by atoms with E-state index in [0.717, 1.165) is 6.42 Å². The Morgan fingerprint density at radius 2 is 1.65 bits per heavy atom. The van der Waals surface area contributed by atoms with Gasteiger partial charge in [-0.05, 0) is 37.0 Å². The molecular formula is C18H23NO. The molecule has 106 valence electrons. The maximum absolute atomic E-state index is 9.59. The summed E-state index contributed by atoms with van der Waals surface area (Å²) in [6.07, 6.45) is 0.841. The first-order valence-electron chi connectivity index (χ1n) is 7.17. The maximum Gasteiger partial charge on any atom is 0.0588 e. The molecule has 2 atom stereocenters. The van der Waals surface area contributed by atoms with E-state index in [1.807, 2.05) is 18.2 Å². The predicted octanol–water partition coefficient (Wildman–Crippen LogP) is 3.25. The fourth-order valence-electron chi connectivity index (χ4n) is 2.59. The highest BCUT2D eigenvalue weighted by molar-refractivity contribution is 5.28. The lowest BCUT2D eigenvalue weighted by molar-refractivity contribution is 0.232. The van der Waals surface area contributed by atoms with Crippen LogP contribution in [0.2, 0.25) is 0 Å². The van der Waals surface area contributed by atoms with Crippen molar-refractivity contribution in [2.45, 2.75) is 32.4 Å². The van der Waals surface area contributed by atoms with Gasteiger partial charge in [0.05, 0.1) is 6.61 Å². The van der Waals surface area contributed by atoms with E-state index in [0.29, 0.717) is 0 Å². The van der Waals surface area contributed by atoms with Gasteiger partial charge in [0.1, 0.15) is 0 Å². The highest BCUT2D eigenvalue weighted by atomic mass is 16.3. The van der Waals surface area contributed by atoms with Crippen molar-refractivity contribution in [1.82, 2.24) is 5.32 Å². The molecule has 0 amide bonds. The van der Waals surface area contributed by atoms with Crippen molar-refractivity contribution in [2.24, 2.45) is 0 Å². The van der Waals surface area contributed by atoms with Gasteiger partial charge in [-0.3, -0.25) is 0 Å². The van der Waals surface area contributed by atoms with Gasteiger partial charge in [0.2, 0.25) is 0 Å². The molecule has 0 bridgehead atoms. The molecule has 20 heavy (non-hydrogen) atoms. The Hall–Kier alpha value is -1.64. The largest absolute Gasteiger partial charge is 0.395 e. The van der Waals surface area contributed by atoms with Gasteiger partial charge in [0.25, 0.3) is 0 Å². The Kier molecular flexibility index (Phi) is 5.33. The molecular weight excluding hydrogens is 246 g/mol. The van der Waals surface area contributed by atoms with Gasteiger partial charge < -0.3 is 10.4 Å². The number of aliphatic hydroxyl groups is 1. The summed E-state index contributed by atoms with van der Waals surface area (Å²) in [5, 5.41) is 13.1. The molecule has 0 saturated carbocycles. The molecule has 2 nitrogen and oxygen atoms in total. The molecule has 0 aliphatic heterocycles. The summed E-state index contributed by atoms with van der Waals surface area (Å²) < 4.78 is 0. The van der Waals surface area contributed by atoms with Gasteiger partial charge in [0.15, 0.2) is 0 Å². The molecule has 0 saturated heterocycles. The van der Waals surface area contributed by atoms with Crippen LogP contribution in [0.3, 0.4) is 0 Å². The van der Waals surface area contributed by atoms with Crippen LogP contribution in [0, 0.1) is 6.92 Å². The molecule has 2 N–H and O–H groups in total. The molecule has 0 heterocycles. The lowest BCUT2D eigenvalue weighted by atomic mass is 10.0. The first-order valence-corrected chi connectivity index (χ1v) is 7.17. The summed E-state index contributed by atoms with van der Waals surface area (Å²) in [7, 11) is 0. The molecule has 2 rings (SSSR count). The van der Waals surface area contributed by atoms with Gasteiger partial charge in [0, 0.05) is 12.1 Å². The topological polar surface area (TPSA) is 32.3 Å². The van der Waals surface area contributed by atoms with Crippen molar-refractivity contribution in [3.63, 3.8) is 0 Å². The normalized spacial score (nSPS) is 13.9. The quantitative estimate of drug-likeness (QED) is 0.843. The smallest absolute Gasteiger partial charge is 0.0588 e. The van der Waals surface area contributed by atoms with Crippen molar-refractivity contribution in [2.75, 3.05) is 6.61 Å². The van der Waals surface area contributed by atoms with E-state index in [4.69, 9.17) is 0 Å². The molecule has 2 aromatic rings.